The fourth-order valence-corrected chi connectivity index (χ4v) is 2.72. The van der Waals surface area contributed by atoms with Gasteiger partial charge in [0.2, 0.25) is 5.91 Å². The van der Waals surface area contributed by atoms with Crippen molar-refractivity contribution in [2.24, 2.45) is 5.73 Å². The average molecular weight is 280 g/mol. The van der Waals surface area contributed by atoms with Crippen molar-refractivity contribution in [1.29, 1.82) is 0 Å². The summed E-state index contributed by atoms with van der Waals surface area (Å²) >= 11 is 0. The van der Waals surface area contributed by atoms with Gasteiger partial charge in [0, 0.05) is 5.69 Å². The number of fused-ring (bicyclic) bond motifs is 1. The van der Waals surface area contributed by atoms with E-state index in [1.54, 1.807) is 0 Å². The molecular weight excluding hydrogens is 260 g/mol. The van der Waals surface area contributed by atoms with Gasteiger partial charge in [-0.2, -0.15) is 0 Å². The number of amides is 1. The average Bonchev–Trinajstić information content (AvgIpc) is 2.85. The number of nitrogens with one attached hydrogen (secondary N) is 1. The molecular formula is C18H20N2O. The van der Waals surface area contributed by atoms with Crippen molar-refractivity contribution in [3.63, 3.8) is 0 Å². The van der Waals surface area contributed by atoms with Gasteiger partial charge in [-0.05, 0) is 34.2 Å². The van der Waals surface area contributed by atoms with Crippen molar-refractivity contribution < 1.29 is 4.79 Å². The summed E-state index contributed by atoms with van der Waals surface area (Å²) in [6.45, 7) is 4.36. The van der Waals surface area contributed by atoms with E-state index in [4.69, 9.17) is 5.73 Å². The Morgan fingerprint density at radius 1 is 1.00 bits per heavy atom. The quantitative estimate of drug-likeness (QED) is 0.906. The number of benzene rings is 2. The van der Waals surface area contributed by atoms with Crippen molar-refractivity contribution >= 4 is 11.6 Å². The number of carbonyl (C=O) groups is 1. The number of rotatable bonds is 3. The Morgan fingerprint density at radius 3 is 2.29 bits per heavy atom. The number of hydrogen-bond donors (Lipinski definition) is 2. The number of nitrogens with two attached hydrogens (primary N) is 1. The molecule has 3 heteroatoms. The van der Waals surface area contributed by atoms with Crippen molar-refractivity contribution in [3.8, 4) is 0 Å². The van der Waals surface area contributed by atoms with E-state index in [1.807, 2.05) is 18.2 Å². The minimum absolute atomic E-state index is 0.0528. The van der Waals surface area contributed by atoms with Crippen molar-refractivity contribution in [2.75, 3.05) is 5.32 Å². The molecule has 21 heavy (non-hydrogen) atoms. The van der Waals surface area contributed by atoms with E-state index in [0.717, 1.165) is 22.4 Å². The highest BCUT2D eigenvalue weighted by Crippen LogP contribution is 2.28. The number of hydrogen-bond acceptors (Lipinski definition) is 2. The molecule has 1 atom stereocenters. The lowest BCUT2D eigenvalue weighted by Gasteiger charge is -2.15. The molecule has 0 saturated heterocycles. The molecule has 3 nitrogen and oxygen atoms in total. The maximum Gasteiger partial charge on any atom is 0.228 e. The predicted octanol–water partition coefficient (Wildman–Crippen LogP) is 3.35. The van der Waals surface area contributed by atoms with Crippen molar-refractivity contribution in [3.05, 3.63) is 64.7 Å². The summed E-state index contributed by atoms with van der Waals surface area (Å²) in [5, 5.41) is 2.84. The molecule has 2 aromatic rings. The van der Waals surface area contributed by atoms with Crippen LogP contribution in [0.4, 0.5) is 5.69 Å². The molecule has 0 fully saturated rings. The van der Waals surface area contributed by atoms with Crippen LogP contribution in [0.15, 0.2) is 42.5 Å². The lowest BCUT2D eigenvalue weighted by Crippen LogP contribution is -2.12. The lowest BCUT2D eigenvalue weighted by molar-refractivity contribution is -0.115. The summed E-state index contributed by atoms with van der Waals surface area (Å²) in [6, 6.07) is 14.3. The van der Waals surface area contributed by atoms with Gasteiger partial charge in [0.15, 0.2) is 0 Å². The van der Waals surface area contributed by atoms with Crippen LogP contribution in [0.2, 0.25) is 0 Å². The van der Waals surface area contributed by atoms with Crippen LogP contribution in [-0.2, 0) is 11.2 Å². The van der Waals surface area contributed by atoms with Gasteiger partial charge in [-0.3, -0.25) is 4.79 Å². The number of anilines is 1. The minimum Gasteiger partial charge on any atom is -0.326 e. The van der Waals surface area contributed by atoms with E-state index >= 15 is 0 Å². The van der Waals surface area contributed by atoms with Crippen LogP contribution >= 0.6 is 0 Å². The van der Waals surface area contributed by atoms with E-state index < -0.39 is 0 Å². The molecule has 1 aliphatic heterocycles. The smallest absolute Gasteiger partial charge is 0.228 e. The highest BCUT2D eigenvalue weighted by molar-refractivity contribution is 5.99. The van der Waals surface area contributed by atoms with Gasteiger partial charge in [0.1, 0.15) is 0 Å². The normalized spacial score (nSPS) is 15.0. The summed E-state index contributed by atoms with van der Waals surface area (Å²) in [4.78, 5) is 11.4. The molecule has 1 heterocycles. The third-order valence-corrected chi connectivity index (χ3v) is 4.08. The summed E-state index contributed by atoms with van der Waals surface area (Å²) < 4.78 is 0. The van der Waals surface area contributed by atoms with Crippen LogP contribution < -0.4 is 11.1 Å². The van der Waals surface area contributed by atoms with E-state index in [1.165, 1.54) is 5.56 Å². The molecule has 1 amide bonds. The zero-order valence-electron chi connectivity index (χ0n) is 12.4. The number of carbonyl (C=O) groups excluding carboxylic acids is 1. The summed E-state index contributed by atoms with van der Waals surface area (Å²) in [7, 11) is 0. The molecule has 0 spiro atoms. The first-order valence-corrected chi connectivity index (χ1v) is 7.32. The van der Waals surface area contributed by atoms with Gasteiger partial charge in [0.05, 0.1) is 12.5 Å². The van der Waals surface area contributed by atoms with Gasteiger partial charge in [-0.25, -0.2) is 0 Å². The molecule has 0 aliphatic carbocycles. The molecule has 0 saturated carbocycles. The first-order chi connectivity index (χ1) is 10.0. The van der Waals surface area contributed by atoms with Crippen molar-refractivity contribution in [1.82, 2.24) is 0 Å². The molecule has 3 N–H and O–H groups in total. The molecule has 108 valence electrons. The maximum atomic E-state index is 11.4. The second-order valence-corrected chi connectivity index (χ2v) is 5.94. The standard InChI is InChI=1S/C18H20N2O/c1-11(2)12-3-5-13(6-4-12)18(19)14-7-8-16-15(9-14)10-17(21)20-16/h3-9,11,18H,10,19H2,1-2H3,(H,20,21). The first-order valence-electron chi connectivity index (χ1n) is 7.32. The second-order valence-electron chi connectivity index (χ2n) is 5.94. The zero-order chi connectivity index (χ0) is 15.0. The van der Waals surface area contributed by atoms with Crippen molar-refractivity contribution in [2.45, 2.75) is 32.2 Å². The fraction of sp³-hybridized carbons (Fsp3) is 0.278. The van der Waals surface area contributed by atoms with E-state index in [0.29, 0.717) is 12.3 Å². The Labute approximate surface area is 125 Å². The van der Waals surface area contributed by atoms with Crippen LogP contribution in [-0.4, -0.2) is 5.91 Å². The third-order valence-electron chi connectivity index (χ3n) is 4.08. The van der Waals surface area contributed by atoms with Crippen LogP contribution in [0.3, 0.4) is 0 Å². The molecule has 3 rings (SSSR count). The highest BCUT2D eigenvalue weighted by Gasteiger charge is 2.19. The van der Waals surface area contributed by atoms with E-state index in [-0.39, 0.29) is 11.9 Å². The molecule has 1 aliphatic rings. The largest absolute Gasteiger partial charge is 0.326 e. The third kappa shape index (κ3) is 2.69. The molecule has 0 aromatic heterocycles. The van der Waals surface area contributed by atoms with E-state index in [2.05, 4.69) is 43.4 Å². The van der Waals surface area contributed by atoms with Crippen LogP contribution in [0.5, 0.6) is 0 Å². The topological polar surface area (TPSA) is 55.1 Å². The Bertz CT molecular complexity index is 674. The second kappa shape index (κ2) is 5.34. The molecule has 2 aromatic carbocycles. The Kier molecular flexibility index (Phi) is 3.52. The first kappa shape index (κ1) is 13.8. The Hall–Kier alpha value is -2.13. The van der Waals surface area contributed by atoms with Crippen LogP contribution in [0.25, 0.3) is 0 Å². The fourth-order valence-electron chi connectivity index (χ4n) is 2.72. The summed E-state index contributed by atoms with van der Waals surface area (Å²) in [6.07, 6.45) is 0.447. The minimum atomic E-state index is -0.160. The summed E-state index contributed by atoms with van der Waals surface area (Å²) in [5.41, 5.74) is 11.8. The van der Waals surface area contributed by atoms with Gasteiger partial charge < -0.3 is 11.1 Å². The maximum absolute atomic E-state index is 11.4. The Balaban J connectivity index is 1.87. The molecule has 0 radical (unpaired) electrons. The zero-order valence-corrected chi connectivity index (χ0v) is 12.4. The van der Waals surface area contributed by atoms with Gasteiger partial charge in [-0.15, -0.1) is 0 Å². The van der Waals surface area contributed by atoms with Gasteiger partial charge in [-0.1, -0.05) is 50.2 Å². The van der Waals surface area contributed by atoms with E-state index in [9.17, 15) is 4.79 Å². The van der Waals surface area contributed by atoms with Crippen LogP contribution in [0, 0.1) is 0 Å². The predicted molar refractivity (Wildman–Crippen MR) is 85.3 cm³/mol. The molecule has 0 bridgehead atoms. The SMILES string of the molecule is CC(C)c1ccc(C(N)c2ccc3c(c2)CC(=O)N3)cc1. The van der Waals surface area contributed by atoms with Crippen LogP contribution in [0.1, 0.15) is 48.1 Å². The molecule has 1 unspecified atom stereocenters. The van der Waals surface area contributed by atoms with Gasteiger partial charge in [0.25, 0.3) is 0 Å². The highest BCUT2D eigenvalue weighted by atomic mass is 16.1. The monoisotopic (exact) mass is 280 g/mol. The van der Waals surface area contributed by atoms with Gasteiger partial charge >= 0.3 is 0 Å². The lowest BCUT2D eigenvalue weighted by atomic mass is 9.94. The Morgan fingerprint density at radius 2 is 1.62 bits per heavy atom. The summed E-state index contributed by atoms with van der Waals surface area (Å²) in [5.74, 6) is 0.573.